The Labute approximate surface area is 143 Å². The Morgan fingerprint density at radius 2 is 1.88 bits per heavy atom. The number of ether oxygens (including phenoxy) is 2. The van der Waals surface area contributed by atoms with Gasteiger partial charge in [-0.1, -0.05) is 13.3 Å². The second-order valence-corrected chi connectivity index (χ2v) is 6.61. The average Bonchev–Trinajstić information content (AvgIpc) is 3.02. The summed E-state index contributed by atoms with van der Waals surface area (Å²) < 4.78 is 11.9. The highest BCUT2D eigenvalue weighted by atomic mass is 16.6. The molecule has 0 atom stereocenters. The highest BCUT2D eigenvalue weighted by molar-refractivity contribution is 5.70. The lowest BCUT2D eigenvalue weighted by atomic mass is 10.2. The summed E-state index contributed by atoms with van der Waals surface area (Å²) in [5.41, 5.74) is -0.498. The molecule has 1 amide bonds. The molecule has 7 nitrogen and oxygen atoms in total. The number of rotatable bonds is 8. The SMILES string of the molecule is CCCCN(CCCCOC(=O)n1ccnc1)C(=O)OC(C)(C)C. The van der Waals surface area contributed by atoms with Crippen LogP contribution in [0.2, 0.25) is 0 Å². The number of aromatic nitrogens is 2. The number of carbonyl (C=O) groups is 2. The van der Waals surface area contributed by atoms with Gasteiger partial charge < -0.3 is 14.4 Å². The molecule has 136 valence electrons. The average molecular weight is 339 g/mol. The van der Waals surface area contributed by atoms with Gasteiger partial charge in [-0.2, -0.15) is 0 Å². The van der Waals surface area contributed by atoms with Crippen LogP contribution in [0.25, 0.3) is 0 Å². The van der Waals surface area contributed by atoms with Crippen LogP contribution in [0.3, 0.4) is 0 Å². The molecule has 0 spiro atoms. The van der Waals surface area contributed by atoms with Crippen molar-refractivity contribution in [1.29, 1.82) is 0 Å². The van der Waals surface area contributed by atoms with Crippen LogP contribution in [-0.2, 0) is 9.47 Å². The molecule has 0 N–H and O–H groups in total. The summed E-state index contributed by atoms with van der Waals surface area (Å²) in [6.45, 7) is 9.25. The Morgan fingerprint density at radius 1 is 1.17 bits per heavy atom. The van der Waals surface area contributed by atoms with Gasteiger partial charge in [-0.25, -0.2) is 19.1 Å². The van der Waals surface area contributed by atoms with Crippen molar-refractivity contribution < 1.29 is 19.1 Å². The fourth-order valence-corrected chi connectivity index (χ4v) is 1.98. The zero-order valence-electron chi connectivity index (χ0n) is 15.2. The van der Waals surface area contributed by atoms with Gasteiger partial charge in [-0.3, -0.25) is 0 Å². The largest absolute Gasteiger partial charge is 0.449 e. The van der Waals surface area contributed by atoms with Crippen LogP contribution in [0.4, 0.5) is 9.59 Å². The first-order valence-corrected chi connectivity index (χ1v) is 8.46. The van der Waals surface area contributed by atoms with E-state index in [0.717, 1.165) is 19.3 Å². The van der Waals surface area contributed by atoms with Crippen LogP contribution in [0.15, 0.2) is 18.7 Å². The Bertz CT molecular complexity index is 494. The molecule has 0 saturated carbocycles. The second kappa shape index (κ2) is 9.95. The molecule has 1 aromatic rings. The van der Waals surface area contributed by atoms with Gasteiger partial charge in [0.1, 0.15) is 11.9 Å². The third kappa shape index (κ3) is 7.99. The first-order valence-electron chi connectivity index (χ1n) is 8.46. The Morgan fingerprint density at radius 3 is 2.46 bits per heavy atom. The van der Waals surface area contributed by atoms with Crippen molar-refractivity contribution in [2.45, 2.75) is 59.0 Å². The monoisotopic (exact) mass is 339 g/mol. The van der Waals surface area contributed by atoms with Crippen LogP contribution < -0.4 is 0 Å². The first kappa shape index (κ1) is 20.0. The van der Waals surface area contributed by atoms with Crippen molar-refractivity contribution >= 4 is 12.2 Å². The maximum Gasteiger partial charge on any atom is 0.419 e. The van der Waals surface area contributed by atoms with Crippen LogP contribution in [0, 0.1) is 0 Å². The summed E-state index contributed by atoms with van der Waals surface area (Å²) in [7, 11) is 0. The van der Waals surface area contributed by atoms with Gasteiger partial charge >= 0.3 is 12.2 Å². The third-order valence-electron chi connectivity index (χ3n) is 3.20. The first-order chi connectivity index (χ1) is 11.3. The molecule has 0 aromatic carbocycles. The van der Waals surface area contributed by atoms with Crippen molar-refractivity contribution in [2.75, 3.05) is 19.7 Å². The molecular weight excluding hydrogens is 310 g/mol. The molecule has 7 heteroatoms. The molecule has 24 heavy (non-hydrogen) atoms. The number of hydrogen-bond acceptors (Lipinski definition) is 5. The zero-order chi connectivity index (χ0) is 18.0. The lowest BCUT2D eigenvalue weighted by Gasteiger charge is -2.27. The fourth-order valence-electron chi connectivity index (χ4n) is 1.98. The van der Waals surface area contributed by atoms with E-state index in [4.69, 9.17) is 9.47 Å². The van der Waals surface area contributed by atoms with E-state index >= 15 is 0 Å². The number of carbonyl (C=O) groups excluding carboxylic acids is 2. The summed E-state index contributed by atoms with van der Waals surface area (Å²) in [6, 6.07) is 0. The summed E-state index contributed by atoms with van der Waals surface area (Å²) >= 11 is 0. The van der Waals surface area contributed by atoms with E-state index in [-0.39, 0.29) is 6.09 Å². The van der Waals surface area contributed by atoms with Gasteiger partial charge in [-0.05, 0) is 40.0 Å². The van der Waals surface area contributed by atoms with E-state index in [0.29, 0.717) is 26.1 Å². The predicted octanol–water partition coefficient (Wildman–Crippen LogP) is 3.69. The topological polar surface area (TPSA) is 73.7 Å². The molecule has 0 fully saturated rings. The number of hydrogen-bond donors (Lipinski definition) is 0. The smallest absolute Gasteiger partial charge is 0.419 e. The lowest BCUT2D eigenvalue weighted by molar-refractivity contribution is 0.0241. The van der Waals surface area contributed by atoms with Crippen molar-refractivity contribution in [3.05, 3.63) is 18.7 Å². The van der Waals surface area contributed by atoms with E-state index in [2.05, 4.69) is 11.9 Å². The van der Waals surface area contributed by atoms with Crippen molar-refractivity contribution in [3.8, 4) is 0 Å². The van der Waals surface area contributed by atoms with Crippen molar-refractivity contribution in [2.24, 2.45) is 0 Å². The molecule has 0 radical (unpaired) electrons. The van der Waals surface area contributed by atoms with Gasteiger partial charge in [0, 0.05) is 25.5 Å². The van der Waals surface area contributed by atoms with Gasteiger partial charge in [0.2, 0.25) is 0 Å². The zero-order valence-corrected chi connectivity index (χ0v) is 15.2. The van der Waals surface area contributed by atoms with Gasteiger partial charge in [0.15, 0.2) is 0 Å². The molecule has 0 aliphatic rings. The highest BCUT2D eigenvalue weighted by Crippen LogP contribution is 2.11. The van der Waals surface area contributed by atoms with Crippen LogP contribution in [-0.4, -0.2) is 51.9 Å². The fraction of sp³-hybridized carbons (Fsp3) is 0.706. The van der Waals surface area contributed by atoms with Crippen molar-refractivity contribution in [1.82, 2.24) is 14.5 Å². The van der Waals surface area contributed by atoms with Gasteiger partial charge in [-0.15, -0.1) is 0 Å². The number of amides is 1. The Kier molecular flexibility index (Phi) is 8.29. The normalized spacial score (nSPS) is 11.2. The van der Waals surface area contributed by atoms with Crippen LogP contribution in [0.1, 0.15) is 53.4 Å². The maximum absolute atomic E-state index is 12.2. The molecule has 0 saturated heterocycles. The minimum Gasteiger partial charge on any atom is -0.449 e. The highest BCUT2D eigenvalue weighted by Gasteiger charge is 2.21. The number of unbranched alkanes of at least 4 members (excludes halogenated alkanes) is 2. The van der Waals surface area contributed by atoms with E-state index in [1.165, 1.54) is 23.3 Å². The summed E-state index contributed by atoms with van der Waals surface area (Å²) in [6.07, 6.45) is 7.12. The Balaban J connectivity index is 2.31. The van der Waals surface area contributed by atoms with Crippen LogP contribution >= 0.6 is 0 Å². The molecular formula is C17H29N3O4. The molecule has 0 aliphatic carbocycles. The Hall–Kier alpha value is -2.05. The summed E-state index contributed by atoms with van der Waals surface area (Å²) in [5.74, 6) is 0. The molecule has 1 rings (SSSR count). The van der Waals surface area contributed by atoms with E-state index < -0.39 is 11.7 Å². The second-order valence-electron chi connectivity index (χ2n) is 6.61. The molecule has 1 heterocycles. The van der Waals surface area contributed by atoms with E-state index in [9.17, 15) is 9.59 Å². The molecule has 0 bridgehead atoms. The quantitative estimate of drug-likeness (QED) is 0.675. The van der Waals surface area contributed by atoms with Crippen LogP contribution in [0.5, 0.6) is 0 Å². The summed E-state index contributed by atoms with van der Waals surface area (Å²) in [4.78, 5) is 29.3. The van der Waals surface area contributed by atoms with Gasteiger partial charge in [0.25, 0.3) is 0 Å². The predicted molar refractivity (Wildman–Crippen MR) is 90.9 cm³/mol. The lowest BCUT2D eigenvalue weighted by Crippen LogP contribution is -2.38. The van der Waals surface area contributed by atoms with Gasteiger partial charge in [0.05, 0.1) is 6.61 Å². The molecule has 1 aromatic heterocycles. The summed E-state index contributed by atoms with van der Waals surface area (Å²) in [5, 5.41) is 0. The molecule has 0 aliphatic heterocycles. The maximum atomic E-state index is 12.2. The third-order valence-corrected chi connectivity index (χ3v) is 3.20. The van der Waals surface area contributed by atoms with E-state index in [1.54, 1.807) is 4.90 Å². The molecule has 0 unspecified atom stereocenters. The van der Waals surface area contributed by atoms with Crippen molar-refractivity contribution in [3.63, 3.8) is 0 Å². The standard InChI is InChI=1S/C17H29N3O4/c1-5-6-10-19(16(22)24-17(2,3)4)11-7-8-13-23-15(21)20-12-9-18-14-20/h9,12,14H,5-8,10-11,13H2,1-4H3. The minimum absolute atomic E-state index is 0.286. The number of imidazole rings is 1. The number of nitrogens with zero attached hydrogens (tertiary/aromatic N) is 3. The van der Waals surface area contributed by atoms with E-state index in [1.807, 2.05) is 20.8 Å². The minimum atomic E-state index is -0.498.